The minimum absolute atomic E-state index is 0.169. The van der Waals surface area contributed by atoms with Gasteiger partial charge in [-0.2, -0.15) is 0 Å². The molecule has 2 amide bonds. The number of ether oxygens (including phenoxy) is 2. The smallest absolute Gasteiger partial charge is 0.329 e. The van der Waals surface area contributed by atoms with Gasteiger partial charge in [0.05, 0.1) is 16.0 Å². The van der Waals surface area contributed by atoms with Crippen LogP contribution in [-0.2, 0) is 20.9 Å². The number of hydrogen-bond donors (Lipinski definition) is 0. The van der Waals surface area contributed by atoms with Gasteiger partial charge in [-0.25, -0.2) is 4.79 Å². The molecule has 1 atom stereocenters. The summed E-state index contributed by atoms with van der Waals surface area (Å²) < 4.78 is 11.4. The summed E-state index contributed by atoms with van der Waals surface area (Å²) in [6, 6.07) is 9.45. The van der Waals surface area contributed by atoms with Gasteiger partial charge in [-0.3, -0.25) is 14.5 Å². The Balaban J connectivity index is 1.72. The summed E-state index contributed by atoms with van der Waals surface area (Å²) >= 11 is 16.3. The number of carbonyl (C=O) groups excluding carboxylic acids is 3. The molecule has 1 saturated heterocycles. The maximum atomic E-state index is 12.7. The van der Waals surface area contributed by atoms with E-state index in [2.05, 4.69) is 15.9 Å². The molecule has 0 aliphatic carbocycles. The van der Waals surface area contributed by atoms with Crippen LogP contribution in [-0.4, -0.2) is 34.7 Å². The van der Waals surface area contributed by atoms with Gasteiger partial charge in [-0.15, -0.1) is 0 Å². The predicted octanol–water partition coefficient (Wildman–Crippen LogP) is 6.32. The Hall–Kier alpha value is -2.00. The summed E-state index contributed by atoms with van der Waals surface area (Å²) in [5.41, 5.74) is 1.47. The average Bonchev–Trinajstić information content (AvgIpc) is 3.01. The van der Waals surface area contributed by atoms with E-state index in [0.717, 1.165) is 22.2 Å². The second kappa shape index (κ2) is 10.7. The highest BCUT2D eigenvalue weighted by molar-refractivity contribution is 9.10. The molecule has 2 aromatic rings. The van der Waals surface area contributed by atoms with Crippen LogP contribution in [0.25, 0.3) is 6.08 Å². The second-order valence-corrected chi connectivity index (χ2v) is 9.39. The zero-order valence-electron chi connectivity index (χ0n) is 17.1. The van der Waals surface area contributed by atoms with Gasteiger partial charge in [0.25, 0.3) is 11.1 Å². The van der Waals surface area contributed by atoms with Crippen molar-refractivity contribution in [3.05, 3.63) is 66.9 Å². The molecule has 1 heterocycles. The number of carbonyl (C=O) groups is 3. The van der Waals surface area contributed by atoms with Crippen molar-refractivity contribution < 1.29 is 23.9 Å². The van der Waals surface area contributed by atoms with Crippen molar-refractivity contribution in [1.82, 2.24) is 4.90 Å². The highest BCUT2D eigenvalue weighted by Gasteiger charge is 2.41. The Morgan fingerprint density at radius 1 is 1.22 bits per heavy atom. The zero-order chi connectivity index (χ0) is 23.4. The highest BCUT2D eigenvalue weighted by atomic mass is 79.9. The van der Waals surface area contributed by atoms with Crippen LogP contribution >= 0.6 is 50.9 Å². The molecule has 32 heavy (non-hydrogen) atoms. The van der Waals surface area contributed by atoms with E-state index in [1.54, 1.807) is 49.4 Å². The minimum atomic E-state index is -0.990. The van der Waals surface area contributed by atoms with Gasteiger partial charge in [0.1, 0.15) is 18.4 Å². The predicted molar refractivity (Wildman–Crippen MR) is 129 cm³/mol. The number of esters is 1. The van der Waals surface area contributed by atoms with Crippen LogP contribution < -0.4 is 4.74 Å². The molecule has 2 aromatic carbocycles. The third-order valence-electron chi connectivity index (χ3n) is 4.49. The highest BCUT2D eigenvalue weighted by Crippen LogP contribution is 2.35. The quantitative estimate of drug-likeness (QED) is 0.292. The van der Waals surface area contributed by atoms with E-state index in [0.29, 0.717) is 25.8 Å². The van der Waals surface area contributed by atoms with Gasteiger partial charge in [0.2, 0.25) is 0 Å². The summed E-state index contributed by atoms with van der Waals surface area (Å²) in [6.45, 7) is 3.54. The molecule has 1 fully saturated rings. The van der Waals surface area contributed by atoms with Gasteiger partial charge >= 0.3 is 5.97 Å². The third kappa shape index (κ3) is 5.67. The number of thioether (sulfide) groups is 1. The molecule has 1 aliphatic heterocycles. The van der Waals surface area contributed by atoms with Crippen molar-refractivity contribution in [2.75, 3.05) is 6.61 Å². The van der Waals surface area contributed by atoms with Crippen LogP contribution in [0.3, 0.4) is 0 Å². The van der Waals surface area contributed by atoms with Gasteiger partial charge in [-0.1, -0.05) is 35.3 Å². The largest absolute Gasteiger partial charge is 0.488 e. The minimum Gasteiger partial charge on any atom is -0.488 e. The number of imide groups is 1. The first-order valence-corrected chi connectivity index (χ1v) is 11.9. The number of benzene rings is 2. The standard InChI is InChI=1S/C22H18BrCl2NO5S/c1-3-30-21(28)12(2)26-20(27)19(32-22(26)29)9-13-4-7-18(16(23)8-13)31-11-14-5-6-15(24)10-17(14)25/h4-10,12H,3,11H2,1-2H3/b19-9+/t12-/m0/s1. The second-order valence-electron chi connectivity index (χ2n) is 6.69. The zero-order valence-corrected chi connectivity index (χ0v) is 21.0. The first-order valence-electron chi connectivity index (χ1n) is 9.51. The van der Waals surface area contributed by atoms with E-state index in [9.17, 15) is 14.4 Å². The lowest BCUT2D eigenvalue weighted by Crippen LogP contribution is -2.42. The molecule has 0 unspecified atom stereocenters. The van der Waals surface area contributed by atoms with Crippen LogP contribution in [0.5, 0.6) is 5.75 Å². The van der Waals surface area contributed by atoms with Crippen LogP contribution in [0, 0.1) is 0 Å². The summed E-state index contributed by atoms with van der Waals surface area (Å²) in [4.78, 5) is 38.1. The first-order chi connectivity index (χ1) is 15.2. The van der Waals surface area contributed by atoms with E-state index in [1.165, 1.54) is 6.92 Å². The van der Waals surface area contributed by atoms with Crippen LogP contribution in [0.1, 0.15) is 25.0 Å². The molecule has 3 rings (SSSR count). The molecule has 0 spiro atoms. The number of rotatable bonds is 7. The lowest BCUT2D eigenvalue weighted by atomic mass is 10.2. The fourth-order valence-corrected chi connectivity index (χ4v) is 4.73. The summed E-state index contributed by atoms with van der Waals surface area (Å²) in [7, 11) is 0. The lowest BCUT2D eigenvalue weighted by Gasteiger charge is -2.19. The van der Waals surface area contributed by atoms with Crippen molar-refractivity contribution >= 4 is 74.1 Å². The average molecular weight is 559 g/mol. The van der Waals surface area contributed by atoms with Gasteiger partial charge < -0.3 is 9.47 Å². The molecule has 0 N–H and O–H groups in total. The van der Waals surface area contributed by atoms with E-state index >= 15 is 0 Å². The van der Waals surface area contributed by atoms with Crippen molar-refractivity contribution in [1.29, 1.82) is 0 Å². The molecule has 1 aliphatic rings. The number of amides is 2. The number of hydrogen-bond acceptors (Lipinski definition) is 6. The Morgan fingerprint density at radius 3 is 2.62 bits per heavy atom. The third-order valence-corrected chi connectivity index (χ3v) is 6.58. The van der Waals surface area contributed by atoms with Crippen LogP contribution in [0.4, 0.5) is 4.79 Å². The van der Waals surface area contributed by atoms with Crippen molar-refractivity contribution in [3.8, 4) is 5.75 Å². The molecule has 0 radical (unpaired) electrons. The Morgan fingerprint density at radius 2 is 1.97 bits per heavy atom. The van der Waals surface area contributed by atoms with Gasteiger partial charge in [-0.05, 0) is 77.4 Å². The van der Waals surface area contributed by atoms with Crippen molar-refractivity contribution in [2.24, 2.45) is 0 Å². The fourth-order valence-electron chi connectivity index (χ4n) is 2.85. The van der Waals surface area contributed by atoms with Crippen LogP contribution in [0.2, 0.25) is 10.0 Å². The van der Waals surface area contributed by atoms with Crippen molar-refractivity contribution in [3.63, 3.8) is 0 Å². The summed E-state index contributed by atoms with van der Waals surface area (Å²) in [5, 5.41) is 0.545. The fraction of sp³-hybridized carbons (Fsp3) is 0.227. The molecular formula is C22H18BrCl2NO5S. The summed E-state index contributed by atoms with van der Waals surface area (Å²) in [5.74, 6) is -0.576. The van der Waals surface area contributed by atoms with E-state index in [4.69, 9.17) is 32.7 Å². The SMILES string of the molecule is CCOC(=O)[C@H](C)N1C(=O)S/C(=C/c2ccc(OCc3ccc(Cl)cc3Cl)c(Br)c2)C1=O. The molecular weight excluding hydrogens is 541 g/mol. The maximum absolute atomic E-state index is 12.7. The molecule has 0 bridgehead atoms. The normalized spacial score (nSPS) is 15.9. The number of nitrogens with zero attached hydrogens (tertiary/aromatic N) is 1. The number of halogens is 3. The summed E-state index contributed by atoms with van der Waals surface area (Å²) in [6.07, 6.45) is 1.59. The van der Waals surface area contributed by atoms with E-state index in [-0.39, 0.29) is 18.1 Å². The molecule has 168 valence electrons. The molecule has 0 saturated carbocycles. The van der Waals surface area contributed by atoms with Crippen LogP contribution in [0.15, 0.2) is 45.8 Å². The Kier molecular flexibility index (Phi) is 8.27. The molecule has 0 aromatic heterocycles. The van der Waals surface area contributed by atoms with E-state index < -0.39 is 23.2 Å². The Bertz CT molecular complexity index is 1110. The topological polar surface area (TPSA) is 72.9 Å². The van der Waals surface area contributed by atoms with Gasteiger partial charge in [0.15, 0.2) is 0 Å². The monoisotopic (exact) mass is 557 g/mol. The van der Waals surface area contributed by atoms with E-state index in [1.807, 2.05) is 0 Å². The molecule has 10 heteroatoms. The Labute approximate surface area is 208 Å². The van der Waals surface area contributed by atoms with Gasteiger partial charge in [0, 0.05) is 15.6 Å². The molecule has 6 nitrogen and oxygen atoms in total. The first kappa shape index (κ1) is 24.6. The van der Waals surface area contributed by atoms with Crippen molar-refractivity contribution in [2.45, 2.75) is 26.5 Å². The maximum Gasteiger partial charge on any atom is 0.329 e. The lowest BCUT2D eigenvalue weighted by molar-refractivity contribution is -0.150.